The van der Waals surface area contributed by atoms with Crippen molar-refractivity contribution in [2.45, 2.75) is 50.9 Å². The molecule has 3 rings (SSSR count). The maximum absolute atomic E-state index is 11.5. The van der Waals surface area contributed by atoms with Crippen molar-refractivity contribution in [2.24, 2.45) is 16.6 Å². The second kappa shape index (κ2) is 13.4. The SMILES string of the molecule is CCNC(=NCc1cccc(CN2CCCC(C(N)=O)C2)c1)NCC1CCCS1.I. The summed E-state index contributed by atoms with van der Waals surface area (Å²) in [6, 6.07) is 8.62. The van der Waals surface area contributed by atoms with E-state index < -0.39 is 0 Å². The fourth-order valence-corrected chi connectivity index (χ4v) is 5.25. The van der Waals surface area contributed by atoms with Crippen LogP contribution in [0.2, 0.25) is 0 Å². The number of amides is 1. The number of nitrogens with one attached hydrogen (secondary N) is 2. The van der Waals surface area contributed by atoms with Crippen LogP contribution in [0.3, 0.4) is 0 Å². The van der Waals surface area contributed by atoms with Gasteiger partial charge in [0.2, 0.25) is 5.91 Å². The molecule has 2 fully saturated rings. The number of benzene rings is 1. The number of nitrogens with zero attached hydrogens (tertiary/aromatic N) is 2. The lowest BCUT2D eigenvalue weighted by atomic mass is 9.97. The maximum Gasteiger partial charge on any atom is 0.221 e. The highest BCUT2D eigenvalue weighted by molar-refractivity contribution is 14.0. The van der Waals surface area contributed by atoms with Gasteiger partial charge >= 0.3 is 0 Å². The molecule has 2 unspecified atom stereocenters. The van der Waals surface area contributed by atoms with E-state index in [9.17, 15) is 4.79 Å². The van der Waals surface area contributed by atoms with E-state index in [1.54, 1.807) is 0 Å². The molecule has 30 heavy (non-hydrogen) atoms. The van der Waals surface area contributed by atoms with Gasteiger partial charge in [-0.3, -0.25) is 9.69 Å². The molecule has 1 amide bonds. The monoisotopic (exact) mass is 545 g/mol. The molecule has 2 aliphatic heterocycles. The third-order valence-corrected chi connectivity index (χ3v) is 6.99. The summed E-state index contributed by atoms with van der Waals surface area (Å²) < 4.78 is 0. The van der Waals surface area contributed by atoms with E-state index in [-0.39, 0.29) is 35.8 Å². The zero-order chi connectivity index (χ0) is 20.5. The van der Waals surface area contributed by atoms with Gasteiger partial charge in [-0.15, -0.1) is 24.0 Å². The topological polar surface area (TPSA) is 82.8 Å². The molecule has 1 aromatic carbocycles. The Morgan fingerprint density at radius 2 is 2.10 bits per heavy atom. The minimum atomic E-state index is -0.169. The van der Waals surface area contributed by atoms with Crippen molar-refractivity contribution >= 4 is 47.6 Å². The van der Waals surface area contributed by atoms with E-state index in [1.807, 2.05) is 0 Å². The molecular formula is C22H36IN5OS. The van der Waals surface area contributed by atoms with E-state index in [0.717, 1.165) is 51.5 Å². The average molecular weight is 546 g/mol. The van der Waals surface area contributed by atoms with Gasteiger partial charge in [0.15, 0.2) is 5.96 Å². The van der Waals surface area contributed by atoms with Gasteiger partial charge in [0.05, 0.1) is 12.5 Å². The highest BCUT2D eigenvalue weighted by Crippen LogP contribution is 2.25. The fourth-order valence-electron chi connectivity index (χ4n) is 4.04. The number of guanidine groups is 1. The van der Waals surface area contributed by atoms with Gasteiger partial charge in [-0.05, 0) is 56.0 Å². The van der Waals surface area contributed by atoms with Crippen molar-refractivity contribution in [3.8, 4) is 0 Å². The molecule has 168 valence electrons. The Morgan fingerprint density at radius 3 is 2.83 bits per heavy atom. The first-order valence-corrected chi connectivity index (χ1v) is 11.9. The molecule has 2 aliphatic rings. The summed E-state index contributed by atoms with van der Waals surface area (Å²) >= 11 is 2.06. The van der Waals surface area contributed by atoms with Crippen LogP contribution in [0.1, 0.15) is 43.7 Å². The van der Waals surface area contributed by atoms with Crippen molar-refractivity contribution in [1.82, 2.24) is 15.5 Å². The van der Waals surface area contributed by atoms with E-state index >= 15 is 0 Å². The van der Waals surface area contributed by atoms with Gasteiger partial charge in [0.25, 0.3) is 0 Å². The van der Waals surface area contributed by atoms with Gasteiger partial charge < -0.3 is 16.4 Å². The lowest BCUT2D eigenvalue weighted by Gasteiger charge is -2.31. The van der Waals surface area contributed by atoms with Crippen LogP contribution in [0.15, 0.2) is 29.3 Å². The predicted octanol–water partition coefficient (Wildman–Crippen LogP) is 2.95. The number of halogens is 1. The summed E-state index contributed by atoms with van der Waals surface area (Å²) in [5.74, 6) is 2.00. The Balaban J connectivity index is 0.00000320. The first-order valence-electron chi connectivity index (χ1n) is 10.9. The molecule has 4 N–H and O–H groups in total. The Bertz CT molecular complexity index is 696. The van der Waals surface area contributed by atoms with Gasteiger partial charge in [-0.2, -0.15) is 11.8 Å². The van der Waals surface area contributed by atoms with Crippen molar-refractivity contribution in [3.05, 3.63) is 35.4 Å². The third kappa shape index (κ3) is 8.26. The van der Waals surface area contributed by atoms with Crippen molar-refractivity contribution < 1.29 is 4.79 Å². The van der Waals surface area contributed by atoms with Crippen LogP contribution < -0.4 is 16.4 Å². The van der Waals surface area contributed by atoms with Crippen LogP contribution in [0.5, 0.6) is 0 Å². The molecule has 0 radical (unpaired) electrons. The van der Waals surface area contributed by atoms with Gasteiger partial charge in [0, 0.05) is 31.4 Å². The molecule has 2 saturated heterocycles. The molecule has 0 aromatic heterocycles. The lowest BCUT2D eigenvalue weighted by Crippen LogP contribution is -2.40. The average Bonchev–Trinajstić information content (AvgIpc) is 3.24. The summed E-state index contributed by atoms with van der Waals surface area (Å²) in [5, 5.41) is 7.55. The Hall–Kier alpha value is -1.00. The summed E-state index contributed by atoms with van der Waals surface area (Å²) in [7, 11) is 0. The highest BCUT2D eigenvalue weighted by atomic mass is 127. The second-order valence-corrected chi connectivity index (χ2v) is 9.42. The molecular weight excluding hydrogens is 509 g/mol. The van der Waals surface area contributed by atoms with Crippen molar-refractivity contribution in [2.75, 3.05) is 31.9 Å². The number of carbonyl (C=O) groups excluding carboxylic acids is 1. The number of piperidine rings is 1. The summed E-state index contributed by atoms with van der Waals surface area (Å²) in [5.41, 5.74) is 7.98. The Labute approximate surface area is 202 Å². The van der Waals surface area contributed by atoms with E-state index in [0.29, 0.717) is 11.8 Å². The molecule has 0 spiro atoms. The van der Waals surface area contributed by atoms with Crippen molar-refractivity contribution in [1.29, 1.82) is 0 Å². The van der Waals surface area contributed by atoms with Crippen LogP contribution in [0.25, 0.3) is 0 Å². The number of aliphatic imine (C=N–C) groups is 1. The number of hydrogen-bond donors (Lipinski definition) is 3. The zero-order valence-electron chi connectivity index (χ0n) is 17.9. The maximum atomic E-state index is 11.5. The minimum Gasteiger partial charge on any atom is -0.369 e. The Morgan fingerprint density at radius 1 is 1.27 bits per heavy atom. The van der Waals surface area contributed by atoms with Gasteiger partial charge in [-0.1, -0.05) is 24.3 Å². The van der Waals surface area contributed by atoms with Crippen molar-refractivity contribution in [3.63, 3.8) is 0 Å². The number of thioether (sulfide) groups is 1. The summed E-state index contributed by atoms with van der Waals surface area (Å²) in [6.07, 6.45) is 4.58. The first kappa shape index (κ1) is 25.3. The number of primary amides is 1. The van der Waals surface area contributed by atoms with Crippen LogP contribution in [-0.4, -0.2) is 53.9 Å². The Kier molecular flexibility index (Phi) is 11.3. The molecule has 2 atom stereocenters. The standard InChI is InChI=1S/C22H35N5OS.HI/c1-2-24-22(26-14-20-9-5-11-29-20)25-13-17-6-3-7-18(12-17)15-27-10-4-8-19(16-27)21(23)28;/h3,6-7,12,19-20H,2,4-5,8-11,13-16H2,1H3,(H2,23,28)(H2,24,25,26);1H. The van der Waals surface area contributed by atoms with Crippen LogP contribution in [0.4, 0.5) is 0 Å². The van der Waals surface area contributed by atoms with Crippen LogP contribution >= 0.6 is 35.7 Å². The number of nitrogens with two attached hydrogens (primary N) is 1. The van der Waals surface area contributed by atoms with Gasteiger partial charge in [-0.25, -0.2) is 4.99 Å². The zero-order valence-corrected chi connectivity index (χ0v) is 21.1. The summed E-state index contributed by atoms with van der Waals surface area (Å²) in [4.78, 5) is 18.6. The first-order chi connectivity index (χ1) is 14.1. The summed E-state index contributed by atoms with van der Waals surface area (Å²) in [6.45, 7) is 7.25. The molecule has 1 aromatic rings. The normalized spacial score (nSPS) is 22.4. The van der Waals surface area contributed by atoms with E-state index in [4.69, 9.17) is 10.7 Å². The quantitative estimate of drug-likeness (QED) is 0.266. The van der Waals surface area contributed by atoms with Gasteiger partial charge in [0.1, 0.15) is 0 Å². The smallest absolute Gasteiger partial charge is 0.221 e. The largest absolute Gasteiger partial charge is 0.369 e. The number of likely N-dealkylation sites (tertiary alicyclic amines) is 1. The van der Waals surface area contributed by atoms with E-state index in [1.165, 1.54) is 29.7 Å². The molecule has 2 heterocycles. The van der Waals surface area contributed by atoms with Crippen LogP contribution in [0, 0.1) is 5.92 Å². The number of hydrogen-bond acceptors (Lipinski definition) is 4. The second-order valence-electron chi connectivity index (χ2n) is 8.01. The van der Waals surface area contributed by atoms with Crippen LogP contribution in [-0.2, 0) is 17.9 Å². The molecule has 0 saturated carbocycles. The number of rotatable bonds is 8. The molecule has 0 bridgehead atoms. The molecule has 0 aliphatic carbocycles. The molecule has 6 nitrogen and oxygen atoms in total. The van der Waals surface area contributed by atoms with E-state index in [2.05, 4.69) is 58.5 Å². The third-order valence-electron chi connectivity index (χ3n) is 5.59. The fraction of sp³-hybridized carbons (Fsp3) is 0.636. The minimum absolute atomic E-state index is 0. The molecule has 8 heteroatoms. The lowest BCUT2D eigenvalue weighted by molar-refractivity contribution is -0.123. The predicted molar refractivity (Wildman–Crippen MR) is 137 cm³/mol. The number of carbonyl (C=O) groups is 1. The highest BCUT2D eigenvalue weighted by Gasteiger charge is 2.23.